The van der Waals surface area contributed by atoms with Crippen molar-refractivity contribution in [2.45, 2.75) is 58.9 Å². The SMILES string of the molecule is C#CCN(CC(=O)O)C1CCC(C(C)(C)CC)CC1. The molecule has 0 aromatic rings. The first kappa shape index (κ1) is 16.0. The van der Waals surface area contributed by atoms with Crippen LogP contribution in [0.25, 0.3) is 0 Å². The van der Waals surface area contributed by atoms with Gasteiger partial charge in [-0.05, 0) is 37.0 Å². The van der Waals surface area contributed by atoms with E-state index in [1.807, 2.05) is 4.90 Å². The van der Waals surface area contributed by atoms with E-state index < -0.39 is 5.97 Å². The average molecular weight is 265 g/mol. The number of nitrogens with zero attached hydrogens (tertiary/aromatic N) is 1. The lowest BCUT2D eigenvalue weighted by Gasteiger charge is -2.41. The van der Waals surface area contributed by atoms with Crippen molar-refractivity contribution in [1.82, 2.24) is 4.90 Å². The minimum atomic E-state index is -0.786. The van der Waals surface area contributed by atoms with Gasteiger partial charge in [-0.3, -0.25) is 9.69 Å². The Balaban J connectivity index is 2.56. The number of carboxylic acid groups (broad SMARTS) is 1. The summed E-state index contributed by atoms with van der Waals surface area (Å²) in [5.41, 5.74) is 0.398. The number of hydrogen-bond donors (Lipinski definition) is 1. The second-order valence-corrected chi connectivity index (χ2v) is 6.35. The van der Waals surface area contributed by atoms with Gasteiger partial charge in [0.15, 0.2) is 0 Å². The normalized spacial score (nSPS) is 24.2. The fourth-order valence-corrected chi connectivity index (χ4v) is 3.12. The Morgan fingerprint density at radius 1 is 1.37 bits per heavy atom. The summed E-state index contributed by atoms with van der Waals surface area (Å²) in [5.74, 6) is 2.56. The zero-order chi connectivity index (χ0) is 14.5. The van der Waals surface area contributed by atoms with Crippen LogP contribution in [0.4, 0.5) is 0 Å². The molecule has 0 saturated heterocycles. The third kappa shape index (κ3) is 4.54. The van der Waals surface area contributed by atoms with Crippen LogP contribution in [0.2, 0.25) is 0 Å². The highest BCUT2D eigenvalue weighted by molar-refractivity contribution is 5.69. The Labute approximate surface area is 117 Å². The van der Waals surface area contributed by atoms with E-state index in [-0.39, 0.29) is 6.54 Å². The summed E-state index contributed by atoms with van der Waals surface area (Å²) in [6.45, 7) is 7.44. The van der Waals surface area contributed by atoms with E-state index in [2.05, 4.69) is 26.7 Å². The molecule has 3 heteroatoms. The van der Waals surface area contributed by atoms with Crippen molar-refractivity contribution in [2.75, 3.05) is 13.1 Å². The Hall–Kier alpha value is -1.01. The number of carbonyl (C=O) groups is 1. The van der Waals surface area contributed by atoms with Crippen molar-refractivity contribution < 1.29 is 9.90 Å². The van der Waals surface area contributed by atoms with Crippen molar-refractivity contribution in [3.8, 4) is 12.3 Å². The van der Waals surface area contributed by atoms with Crippen LogP contribution in [-0.4, -0.2) is 35.1 Å². The van der Waals surface area contributed by atoms with Crippen molar-refractivity contribution >= 4 is 5.97 Å². The van der Waals surface area contributed by atoms with E-state index in [0.29, 0.717) is 18.0 Å². The maximum Gasteiger partial charge on any atom is 0.317 e. The van der Waals surface area contributed by atoms with Gasteiger partial charge >= 0.3 is 5.97 Å². The quantitative estimate of drug-likeness (QED) is 0.751. The molecule has 0 aromatic carbocycles. The third-order valence-electron chi connectivity index (χ3n) is 4.86. The zero-order valence-corrected chi connectivity index (χ0v) is 12.5. The first-order valence-electron chi connectivity index (χ1n) is 7.30. The Bertz CT molecular complexity index is 335. The largest absolute Gasteiger partial charge is 0.480 e. The highest BCUT2D eigenvalue weighted by atomic mass is 16.4. The number of terminal acetylenes is 1. The molecule has 0 aromatic heterocycles. The van der Waals surface area contributed by atoms with Gasteiger partial charge < -0.3 is 5.11 Å². The summed E-state index contributed by atoms with van der Waals surface area (Å²) < 4.78 is 0. The van der Waals surface area contributed by atoms with Crippen LogP contribution in [-0.2, 0) is 4.79 Å². The topological polar surface area (TPSA) is 40.5 Å². The molecule has 0 bridgehead atoms. The highest BCUT2D eigenvalue weighted by Crippen LogP contribution is 2.41. The summed E-state index contributed by atoms with van der Waals surface area (Å²) in [6.07, 6.45) is 11.1. The van der Waals surface area contributed by atoms with Gasteiger partial charge in [0.05, 0.1) is 13.1 Å². The molecule has 1 fully saturated rings. The number of rotatable bonds is 6. The second kappa shape index (κ2) is 6.96. The van der Waals surface area contributed by atoms with Crippen LogP contribution in [0.1, 0.15) is 52.9 Å². The molecule has 0 unspecified atom stereocenters. The van der Waals surface area contributed by atoms with Gasteiger partial charge in [-0.1, -0.05) is 33.1 Å². The summed E-state index contributed by atoms with van der Waals surface area (Å²) in [4.78, 5) is 12.8. The summed E-state index contributed by atoms with van der Waals surface area (Å²) in [7, 11) is 0. The first-order chi connectivity index (χ1) is 8.90. The van der Waals surface area contributed by atoms with Crippen molar-refractivity contribution in [2.24, 2.45) is 11.3 Å². The Kier molecular flexibility index (Phi) is 5.87. The van der Waals surface area contributed by atoms with E-state index in [0.717, 1.165) is 18.8 Å². The van der Waals surface area contributed by atoms with Gasteiger partial charge in [-0.15, -0.1) is 6.42 Å². The van der Waals surface area contributed by atoms with Gasteiger partial charge in [-0.2, -0.15) is 0 Å². The van der Waals surface area contributed by atoms with Crippen LogP contribution in [0.5, 0.6) is 0 Å². The molecule has 0 atom stereocenters. The lowest BCUT2D eigenvalue weighted by Crippen LogP contribution is -2.43. The molecule has 0 amide bonds. The molecule has 1 aliphatic rings. The van der Waals surface area contributed by atoms with Crippen LogP contribution < -0.4 is 0 Å². The Morgan fingerprint density at radius 3 is 2.37 bits per heavy atom. The first-order valence-corrected chi connectivity index (χ1v) is 7.30. The number of hydrogen-bond acceptors (Lipinski definition) is 2. The molecule has 1 aliphatic carbocycles. The number of carboxylic acids is 1. The zero-order valence-electron chi connectivity index (χ0n) is 12.5. The fraction of sp³-hybridized carbons (Fsp3) is 0.812. The summed E-state index contributed by atoms with van der Waals surface area (Å²) >= 11 is 0. The van der Waals surface area contributed by atoms with Crippen LogP contribution in [0.15, 0.2) is 0 Å². The predicted molar refractivity (Wildman–Crippen MR) is 77.9 cm³/mol. The van der Waals surface area contributed by atoms with Crippen LogP contribution in [0.3, 0.4) is 0 Å². The smallest absolute Gasteiger partial charge is 0.317 e. The molecule has 1 saturated carbocycles. The number of aliphatic carboxylic acids is 1. The van der Waals surface area contributed by atoms with Crippen LogP contribution >= 0.6 is 0 Å². The maximum atomic E-state index is 10.9. The van der Waals surface area contributed by atoms with E-state index in [1.165, 1.54) is 19.3 Å². The highest BCUT2D eigenvalue weighted by Gasteiger charge is 2.33. The van der Waals surface area contributed by atoms with Crippen LogP contribution in [0, 0.1) is 23.7 Å². The van der Waals surface area contributed by atoms with Gasteiger partial charge in [0, 0.05) is 6.04 Å². The molecule has 0 heterocycles. The maximum absolute atomic E-state index is 10.9. The monoisotopic (exact) mass is 265 g/mol. The molecule has 108 valence electrons. The van der Waals surface area contributed by atoms with E-state index in [1.54, 1.807) is 0 Å². The lowest BCUT2D eigenvalue weighted by molar-refractivity contribution is -0.139. The second-order valence-electron chi connectivity index (χ2n) is 6.35. The van der Waals surface area contributed by atoms with Crippen molar-refractivity contribution in [1.29, 1.82) is 0 Å². The standard InChI is InChI=1S/C16H27NO2/c1-5-11-17(12-15(18)19)14-9-7-13(8-10-14)16(3,4)6-2/h1,13-14H,6-12H2,2-4H3,(H,18,19). The van der Waals surface area contributed by atoms with Gasteiger partial charge in [0.2, 0.25) is 0 Å². The van der Waals surface area contributed by atoms with E-state index >= 15 is 0 Å². The van der Waals surface area contributed by atoms with E-state index in [9.17, 15) is 4.79 Å². The van der Waals surface area contributed by atoms with Crippen molar-refractivity contribution in [3.63, 3.8) is 0 Å². The molecule has 3 nitrogen and oxygen atoms in total. The molecule has 0 radical (unpaired) electrons. The minimum absolute atomic E-state index is 0.0662. The molecule has 1 rings (SSSR count). The average Bonchev–Trinajstić information content (AvgIpc) is 2.38. The molecule has 0 spiro atoms. The van der Waals surface area contributed by atoms with Crippen molar-refractivity contribution in [3.05, 3.63) is 0 Å². The minimum Gasteiger partial charge on any atom is -0.480 e. The lowest BCUT2D eigenvalue weighted by atomic mass is 9.68. The Morgan fingerprint density at radius 2 is 1.95 bits per heavy atom. The summed E-state index contributed by atoms with van der Waals surface area (Å²) in [6, 6.07) is 0.344. The molecule has 0 aliphatic heterocycles. The third-order valence-corrected chi connectivity index (χ3v) is 4.86. The molecular weight excluding hydrogens is 238 g/mol. The van der Waals surface area contributed by atoms with Gasteiger partial charge in [0.1, 0.15) is 0 Å². The molecule has 1 N–H and O–H groups in total. The fourth-order valence-electron chi connectivity index (χ4n) is 3.12. The predicted octanol–water partition coefficient (Wildman–Crippen LogP) is 3.00. The molecule has 19 heavy (non-hydrogen) atoms. The van der Waals surface area contributed by atoms with Gasteiger partial charge in [0.25, 0.3) is 0 Å². The van der Waals surface area contributed by atoms with E-state index in [4.69, 9.17) is 11.5 Å². The van der Waals surface area contributed by atoms with Gasteiger partial charge in [-0.25, -0.2) is 0 Å². The molecular formula is C16H27NO2. The summed E-state index contributed by atoms with van der Waals surface area (Å²) in [5, 5.41) is 8.95.